The fraction of sp³-hybridized carbons (Fsp3) is 0.500. The minimum absolute atomic E-state index is 0.0174. The third-order valence-corrected chi connectivity index (χ3v) is 2.98. The minimum atomic E-state index is -0.0174. The molecular weight excluding hydrogens is 262 g/mol. The second-order valence-corrected chi connectivity index (χ2v) is 6.20. The zero-order chi connectivity index (χ0) is 15.5. The Bertz CT molecular complexity index is 634. The summed E-state index contributed by atoms with van der Waals surface area (Å²) in [5, 5.41) is 6.64. The van der Waals surface area contributed by atoms with E-state index in [1.165, 1.54) is 5.69 Å². The van der Waals surface area contributed by atoms with Crippen LogP contribution in [0.3, 0.4) is 0 Å². The first-order chi connectivity index (χ1) is 9.89. The third kappa shape index (κ3) is 4.21. The number of hydrogen-bond donors (Lipinski definition) is 2. The fourth-order valence-electron chi connectivity index (χ4n) is 2.10. The molecule has 0 aliphatic carbocycles. The summed E-state index contributed by atoms with van der Waals surface area (Å²) in [5.74, 6) is 0.818. The van der Waals surface area contributed by atoms with Crippen LogP contribution >= 0.6 is 0 Å². The summed E-state index contributed by atoms with van der Waals surface area (Å²) in [4.78, 5) is 9.22. The zero-order valence-corrected chi connectivity index (χ0v) is 13.6. The van der Waals surface area contributed by atoms with Crippen molar-refractivity contribution in [2.24, 2.45) is 4.99 Å². The van der Waals surface area contributed by atoms with Crippen molar-refractivity contribution in [3.05, 3.63) is 35.8 Å². The predicted molar refractivity (Wildman–Crippen MR) is 87.6 cm³/mol. The fourth-order valence-corrected chi connectivity index (χ4v) is 2.10. The Morgan fingerprint density at radius 2 is 2.10 bits per heavy atom. The van der Waals surface area contributed by atoms with Crippen molar-refractivity contribution in [1.29, 1.82) is 0 Å². The Morgan fingerprint density at radius 3 is 2.71 bits per heavy atom. The average molecular weight is 287 g/mol. The van der Waals surface area contributed by atoms with Gasteiger partial charge in [-0.3, -0.25) is 0 Å². The lowest BCUT2D eigenvalue weighted by atomic mass is 10.1. The molecule has 0 spiro atoms. The Kier molecular flexibility index (Phi) is 4.50. The van der Waals surface area contributed by atoms with E-state index in [9.17, 15) is 0 Å². The minimum Gasteiger partial charge on any atom is -0.357 e. The molecule has 0 aromatic carbocycles. The molecule has 0 atom stereocenters. The van der Waals surface area contributed by atoms with Crippen molar-refractivity contribution in [2.75, 3.05) is 6.54 Å². The molecule has 0 aliphatic rings. The van der Waals surface area contributed by atoms with Crippen molar-refractivity contribution < 1.29 is 0 Å². The number of aromatic nitrogens is 2. The molecule has 0 radical (unpaired) electrons. The van der Waals surface area contributed by atoms with E-state index in [0.717, 1.165) is 23.8 Å². The molecule has 0 fully saturated rings. The van der Waals surface area contributed by atoms with Gasteiger partial charge >= 0.3 is 0 Å². The molecule has 0 amide bonds. The van der Waals surface area contributed by atoms with Crippen LogP contribution in [0.1, 0.15) is 39.1 Å². The number of fused-ring (bicyclic) bond motifs is 1. The van der Waals surface area contributed by atoms with Crippen molar-refractivity contribution in [1.82, 2.24) is 20.0 Å². The molecule has 2 aromatic heterocycles. The second kappa shape index (κ2) is 6.16. The molecule has 2 N–H and O–H groups in total. The number of nitrogens with one attached hydrogen (secondary N) is 2. The molecular formula is C16H25N5. The van der Waals surface area contributed by atoms with Crippen LogP contribution < -0.4 is 10.6 Å². The van der Waals surface area contributed by atoms with E-state index in [2.05, 4.69) is 71.9 Å². The molecule has 2 rings (SSSR count). The molecule has 5 heteroatoms. The lowest BCUT2D eigenvalue weighted by Crippen LogP contribution is -2.47. The molecule has 0 unspecified atom stereocenters. The number of guanidine groups is 1. The quantitative estimate of drug-likeness (QED) is 0.673. The van der Waals surface area contributed by atoms with E-state index >= 15 is 0 Å². The smallest absolute Gasteiger partial charge is 0.192 e. The van der Waals surface area contributed by atoms with Gasteiger partial charge in [0.2, 0.25) is 0 Å². The highest BCUT2D eigenvalue weighted by Crippen LogP contribution is 2.09. The van der Waals surface area contributed by atoms with Gasteiger partial charge in [0.1, 0.15) is 5.65 Å². The molecule has 0 bridgehead atoms. The van der Waals surface area contributed by atoms with E-state index in [1.54, 1.807) is 0 Å². The van der Waals surface area contributed by atoms with Gasteiger partial charge in [-0.2, -0.15) is 0 Å². The SMILES string of the molecule is CCNC(=NCc1cn2c(C)cccc2n1)NC(C)(C)C. The van der Waals surface area contributed by atoms with Gasteiger partial charge in [0.15, 0.2) is 5.96 Å². The standard InChI is InChI=1S/C16H25N5/c1-6-17-15(20-16(3,4)5)18-10-13-11-21-12(2)8-7-9-14(21)19-13/h7-9,11H,6,10H2,1-5H3,(H2,17,18,20). The van der Waals surface area contributed by atoms with E-state index in [0.29, 0.717) is 6.54 Å². The van der Waals surface area contributed by atoms with Crippen LogP contribution in [0.4, 0.5) is 0 Å². The van der Waals surface area contributed by atoms with Crippen LogP contribution in [0.5, 0.6) is 0 Å². The highest BCUT2D eigenvalue weighted by atomic mass is 15.2. The van der Waals surface area contributed by atoms with Crippen molar-refractivity contribution in [2.45, 2.75) is 46.7 Å². The Morgan fingerprint density at radius 1 is 1.33 bits per heavy atom. The lowest BCUT2D eigenvalue weighted by molar-refractivity contribution is 0.501. The number of hydrogen-bond acceptors (Lipinski definition) is 2. The Labute approximate surface area is 126 Å². The number of aryl methyl sites for hydroxylation is 1. The van der Waals surface area contributed by atoms with Crippen LogP contribution in [0.15, 0.2) is 29.4 Å². The monoisotopic (exact) mass is 287 g/mol. The topological polar surface area (TPSA) is 53.7 Å². The van der Waals surface area contributed by atoms with Gasteiger partial charge in [-0.15, -0.1) is 0 Å². The van der Waals surface area contributed by atoms with Crippen LogP contribution in [-0.4, -0.2) is 27.4 Å². The van der Waals surface area contributed by atoms with Gasteiger partial charge in [-0.1, -0.05) is 6.07 Å². The average Bonchev–Trinajstić information content (AvgIpc) is 2.79. The molecule has 0 saturated carbocycles. The van der Waals surface area contributed by atoms with Crippen LogP contribution in [-0.2, 0) is 6.54 Å². The molecule has 0 saturated heterocycles. The van der Waals surface area contributed by atoms with Crippen molar-refractivity contribution >= 4 is 11.6 Å². The van der Waals surface area contributed by atoms with Crippen molar-refractivity contribution in [3.8, 4) is 0 Å². The first-order valence-corrected chi connectivity index (χ1v) is 7.39. The van der Waals surface area contributed by atoms with Gasteiger partial charge in [0.25, 0.3) is 0 Å². The van der Waals surface area contributed by atoms with E-state index in [1.807, 2.05) is 12.1 Å². The summed E-state index contributed by atoms with van der Waals surface area (Å²) in [6.07, 6.45) is 2.05. The summed E-state index contributed by atoms with van der Waals surface area (Å²) >= 11 is 0. The van der Waals surface area contributed by atoms with Crippen molar-refractivity contribution in [3.63, 3.8) is 0 Å². The largest absolute Gasteiger partial charge is 0.357 e. The van der Waals surface area contributed by atoms with E-state index in [-0.39, 0.29) is 5.54 Å². The van der Waals surface area contributed by atoms with Gasteiger partial charge in [0, 0.05) is 24.0 Å². The first kappa shape index (κ1) is 15.4. The number of imidazole rings is 1. The molecule has 21 heavy (non-hydrogen) atoms. The zero-order valence-electron chi connectivity index (χ0n) is 13.6. The van der Waals surface area contributed by atoms with E-state index < -0.39 is 0 Å². The number of aliphatic imine (C=N–C) groups is 1. The summed E-state index contributed by atoms with van der Waals surface area (Å²) in [7, 11) is 0. The summed E-state index contributed by atoms with van der Waals surface area (Å²) in [6, 6.07) is 6.11. The number of nitrogens with zero attached hydrogens (tertiary/aromatic N) is 3. The molecule has 0 aliphatic heterocycles. The maximum atomic E-state index is 4.61. The number of rotatable bonds is 3. The lowest BCUT2D eigenvalue weighted by Gasteiger charge is -2.23. The molecule has 2 aromatic rings. The molecule has 5 nitrogen and oxygen atoms in total. The normalized spacial score (nSPS) is 12.7. The Hall–Kier alpha value is -2.04. The van der Waals surface area contributed by atoms with Gasteiger partial charge in [-0.25, -0.2) is 9.98 Å². The maximum Gasteiger partial charge on any atom is 0.192 e. The molecule has 2 heterocycles. The Balaban J connectivity index is 2.17. The number of pyridine rings is 1. The second-order valence-electron chi connectivity index (χ2n) is 6.20. The van der Waals surface area contributed by atoms with Gasteiger partial charge in [-0.05, 0) is 46.8 Å². The van der Waals surface area contributed by atoms with E-state index in [4.69, 9.17) is 0 Å². The summed E-state index contributed by atoms with van der Waals surface area (Å²) in [5.41, 5.74) is 3.09. The summed E-state index contributed by atoms with van der Waals surface area (Å²) < 4.78 is 2.09. The predicted octanol–water partition coefficient (Wildman–Crippen LogP) is 2.50. The van der Waals surface area contributed by atoms with Crippen LogP contribution in [0.25, 0.3) is 5.65 Å². The van der Waals surface area contributed by atoms with Gasteiger partial charge < -0.3 is 15.0 Å². The third-order valence-electron chi connectivity index (χ3n) is 2.98. The van der Waals surface area contributed by atoms with Gasteiger partial charge in [0.05, 0.1) is 12.2 Å². The molecule has 114 valence electrons. The van der Waals surface area contributed by atoms with Crippen LogP contribution in [0, 0.1) is 6.92 Å². The van der Waals surface area contributed by atoms with Crippen LogP contribution in [0.2, 0.25) is 0 Å². The highest BCUT2D eigenvalue weighted by Gasteiger charge is 2.11. The maximum absolute atomic E-state index is 4.61. The summed E-state index contributed by atoms with van der Waals surface area (Å²) in [6.45, 7) is 11.9. The first-order valence-electron chi connectivity index (χ1n) is 7.39. The highest BCUT2D eigenvalue weighted by molar-refractivity contribution is 5.80.